The minimum Gasteiger partial charge on any atom is -0.394 e. The first kappa shape index (κ1) is 15.4. The molecule has 0 bridgehead atoms. The van der Waals surface area contributed by atoms with Crippen LogP contribution in [0.1, 0.15) is 25.7 Å². The lowest BCUT2D eigenvalue weighted by atomic mass is 9.99. The summed E-state index contributed by atoms with van der Waals surface area (Å²) >= 11 is 1.51. The Morgan fingerprint density at radius 1 is 1.41 bits per heavy atom. The van der Waals surface area contributed by atoms with E-state index in [0.717, 1.165) is 35.9 Å². The van der Waals surface area contributed by atoms with Gasteiger partial charge in [0.1, 0.15) is 0 Å². The number of hydrogen-bond acceptors (Lipinski definition) is 5. The molecule has 22 heavy (non-hydrogen) atoms. The Morgan fingerprint density at radius 2 is 2.14 bits per heavy atom. The predicted octanol–water partition coefficient (Wildman–Crippen LogP) is 2.15. The van der Waals surface area contributed by atoms with E-state index in [1.807, 2.05) is 24.3 Å². The summed E-state index contributed by atoms with van der Waals surface area (Å²) < 4.78 is 1.08. The Bertz CT molecular complexity index is 631. The molecular weight excluding hydrogens is 298 g/mol. The van der Waals surface area contributed by atoms with E-state index in [2.05, 4.69) is 10.3 Å². The van der Waals surface area contributed by atoms with Gasteiger partial charge in [-0.2, -0.15) is 0 Å². The normalized spacial score (nSPS) is 17.0. The first-order valence-electron chi connectivity index (χ1n) is 7.62. The predicted molar refractivity (Wildman–Crippen MR) is 89.3 cm³/mol. The SMILES string of the molecule is CN(C(=O)CNC1(CO)CCCC1)c1nc2ccccc2s1. The van der Waals surface area contributed by atoms with Crippen LogP contribution in [-0.2, 0) is 4.79 Å². The number of aliphatic hydroxyl groups is 1. The maximum absolute atomic E-state index is 12.4. The van der Waals surface area contributed by atoms with Crippen LogP contribution >= 0.6 is 11.3 Å². The number of carbonyl (C=O) groups excluding carboxylic acids is 1. The van der Waals surface area contributed by atoms with Crippen LogP contribution in [0, 0.1) is 0 Å². The summed E-state index contributed by atoms with van der Waals surface area (Å²) in [5.41, 5.74) is 0.641. The molecular formula is C16H21N3O2S. The Kier molecular flexibility index (Phi) is 4.42. The Balaban J connectivity index is 1.66. The molecule has 1 fully saturated rings. The number of likely N-dealkylation sites (N-methyl/N-ethyl adjacent to an activating group) is 1. The van der Waals surface area contributed by atoms with Crippen molar-refractivity contribution in [3.63, 3.8) is 0 Å². The Hall–Kier alpha value is -1.50. The van der Waals surface area contributed by atoms with Crippen molar-refractivity contribution in [2.45, 2.75) is 31.2 Å². The number of amides is 1. The first-order valence-corrected chi connectivity index (χ1v) is 8.43. The Morgan fingerprint density at radius 3 is 2.82 bits per heavy atom. The average Bonchev–Trinajstić information content (AvgIpc) is 3.19. The molecule has 2 aromatic rings. The van der Waals surface area contributed by atoms with Crippen molar-refractivity contribution in [1.29, 1.82) is 0 Å². The smallest absolute Gasteiger partial charge is 0.242 e. The number of fused-ring (bicyclic) bond motifs is 1. The molecule has 0 spiro atoms. The van der Waals surface area contributed by atoms with Crippen molar-refractivity contribution in [3.05, 3.63) is 24.3 Å². The number of anilines is 1. The van der Waals surface area contributed by atoms with Crippen molar-refractivity contribution >= 4 is 32.6 Å². The van der Waals surface area contributed by atoms with Gasteiger partial charge in [-0.05, 0) is 25.0 Å². The van der Waals surface area contributed by atoms with E-state index in [0.29, 0.717) is 5.13 Å². The van der Waals surface area contributed by atoms with Crippen molar-refractivity contribution < 1.29 is 9.90 Å². The highest BCUT2D eigenvalue weighted by molar-refractivity contribution is 7.22. The molecule has 118 valence electrons. The van der Waals surface area contributed by atoms with Crippen LogP contribution in [0.25, 0.3) is 10.2 Å². The van der Waals surface area contributed by atoms with Crippen molar-refractivity contribution in [3.8, 4) is 0 Å². The molecule has 6 heteroatoms. The molecule has 0 atom stereocenters. The van der Waals surface area contributed by atoms with Crippen LogP contribution in [-0.4, -0.2) is 41.7 Å². The van der Waals surface area contributed by atoms with Gasteiger partial charge < -0.3 is 10.4 Å². The highest BCUT2D eigenvalue weighted by atomic mass is 32.1. The van der Waals surface area contributed by atoms with Gasteiger partial charge in [-0.25, -0.2) is 4.98 Å². The van der Waals surface area contributed by atoms with E-state index < -0.39 is 0 Å². The minimum absolute atomic E-state index is 0.0289. The molecule has 1 amide bonds. The lowest BCUT2D eigenvalue weighted by Crippen LogP contribution is -2.50. The zero-order valence-corrected chi connectivity index (χ0v) is 13.5. The zero-order chi connectivity index (χ0) is 15.6. The fourth-order valence-corrected chi connectivity index (χ4v) is 3.88. The van der Waals surface area contributed by atoms with E-state index >= 15 is 0 Å². The number of thiazole rings is 1. The van der Waals surface area contributed by atoms with Crippen molar-refractivity contribution in [2.75, 3.05) is 25.1 Å². The van der Waals surface area contributed by atoms with Gasteiger partial charge in [0, 0.05) is 12.6 Å². The molecule has 0 unspecified atom stereocenters. The molecule has 1 aliphatic rings. The average molecular weight is 319 g/mol. The number of para-hydroxylation sites is 1. The van der Waals surface area contributed by atoms with Gasteiger partial charge in [-0.3, -0.25) is 9.69 Å². The molecule has 1 heterocycles. The number of rotatable bonds is 5. The molecule has 1 aromatic carbocycles. The first-order chi connectivity index (χ1) is 10.6. The maximum atomic E-state index is 12.4. The fourth-order valence-electron chi connectivity index (χ4n) is 2.93. The number of benzene rings is 1. The molecule has 1 aliphatic carbocycles. The van der Waals surface area contributed by atoms with Crippen LogP contribution in [0.3, 0.4) is 0 Å². The molecule has 5 nitrogen and oxygen atoms in total. The summed E-state index contributed by atoms with van der Waals surface area (Å²) in [5, 5.41) is 13.6. The number of nitrogens with one attached hydrogen (secondary N) is 1. The van der Waals surface area contributed by atoms with Crippen LogP contribution in [0.15, 0.2) is 24.3 Å². The summed E-state index contributed by atoms with van der Waals surface area (Å²) in [7, 11) is 1.75. The van der Waals surface area contributed by atoms with Crippen LogP contribution in [0.4, 0.5) is 5.13 Å². The van der Waals surface area contributed by atoms with Crippen LogP contribution < -0.4 is 10.2 Å². The van der Waals surface area contributed by atoms with E-state index in [1.54, 1.807) is 11.9 Å². The third-order valence-electron chi connectivity index (χ3n) is 4.42. The summed E-state index contributed by atoms with van der Waals surface area (Å²) in [6, 6.07) is 7.87. The summed E-state index contributed by atoms with van der Waals surface area (Å²) in [4.78, 5) is 18.5. The Labute approximate surface area is 134 Å². The van der Waals surface area contributed by atoms with Gasteiger partial charge in [-0.1, -0.05) is 36.3 Å². The lowest BCUT2D eigenvalue weighted by Gasteiger charge is -2.28. The van der Waals surface area contributed by atoms with Gasteiger partial charge in [0.25, 0.3) is 0 Å². The van der Waals surface area contributed by atoms with E-state index in [-0.39, 0.29) is 24.6 Å². The van der Waals surface area contributed by atoms with Gasteiger partial charge in [0.2, 0.25) is 5.91 Å². The molecule has 0 aliphatic heterocycles. The van der Waals surface area contributed by atoms with Gasteiger partial charge >= 0.3 is 0 Å². The largest absolute Gasteiger partial charge is 0.394 e. The number of nitrogens with zero attached hydrogens (tertiary/aromatic N) is 2. The highest BCUT2D eigenvalue weighted by Gasteiger charge is 2.33. The highest BCUT2D eigenvalue weighted by Crippen LogP contribution is 2.30. The minimum atomic E-state index is -0.274. The molecule has 2 N–H and O–H groups in total. The maximum Gasteiger partial charge on any atom is 0.242 e. The van der Waals surface area contributed by atoms with Crippen LogP contribution in [0.2, 0.25) is 0 Å². The standard InChI is InChI=1S/C16H21N3O2S/c1-19(15-18-12-6-2-3-7-13(12)22-15)14(21)10-17-16(11-20)8-4-5-9-16/h2-3,6-7,17,20H,4-5,8-11H2,1H3. The summed E-state index contributed by atoms with van der Waals surface area (Å²) in [6.45, 7) is 0.318. The number of hydrogen-bond donors (Lipinski definition) is 2. The monoisotopic (exact) mass is 319 g/mol. The lowest BCUT2D eigenvalue weighted by molar-refractivity contribution is -0.118. The van der Waals surface area contributed by atoms with Crippen LogP contribution in [0.5, 0.6) is 0 Å². The molecule has 0 saturated heterocycles. The summed E-state index contributed by atoms with van der Waals surface area (Å²) in [6.07, 6.45) is 4.08. The summed E-state index contributed by atoms with van der Waals surface area (Å²) in [5.74, 6) is -0.0289. The number of carbonyl (C=O) groups is 1. The zero-order valence-electron chi connectivity index (χ0n) is 12.7. The second kappa shape index (κ2) is 6.32. The third-order valence-corrected chi connectivity index (χ3v) is 5.53. The van der Waals surface area contributed by atoms with Gasteiger partial charge in [0.15, 0.2) is 5.13 Å². The van der Waals surface area contributed by atoms with E-state index in [9.17, 15) is 9.90 Å². The fraction of sp³-hybridized carbons (Fsp3) is 0.500. The quantitative estimate of drug-likeness (QED) is 0.886. The second-order valence-electron chi connectivity index (χ2n) is 5.92. The molecule has 1 saturated carbocycles. The number of aliphatic hydroxyl groups excluding tert-OH is 1. The second-order valence-corrected chi connectivity index (χ2v) is 6.93. The topological polar surface area (TPSA) is 65.5 Å². The third kappa shape index (κ3) is 2.99. The van der Waals surface area contributed by atoms with E-state index in [1.165, 1.54) is 11.3 Å². The molecule has 3 rings (SSSR count). The van der Waals surface area contributed by atoms with Crippen molar-refractivity contribution in [2.24, 2.45) is 0 Å². The van der Waals surface area contributed by atoms with Gasteiger partial charge in [-0.15, -0.1) is 0 Å². The number of aromatic nitrogens is 1. The van der Waals surface area contributed by atoms with Gasteiger partial charge in [0.05, 0.1) is 23.4 Å². The van der Waals surface area contributed by atoms with E-state index in [4.69, 9.17) is 0 Å². The van der Waals surface area contributed by atoms with Crippen molar-refractivity contribution in [1.82, 2.24) is 10.3 Å². The molecule has 0 radical (unpaired) electrons. The molecule has 1 aromatic heterocycles.